The zero-order valence-electron chi connectivity index (χ0n) is 10.9. The molecule has 2 N–H and O–H groups in total. The van der Waals surface area contributed by atoms with Crippen molar-refractivity contribution in [2.75, 3.05) is 13.2 Å². The zero-order valence-corrected chi connectivity index (χ0v) is 10.9. The fraction of sp³-hybridized carbons (Fsp3) is 0.538. The summed E-state index contributed by atoms with van der Waals surface area (Å²) in [4.78, 5) is 10.3. The largest absolute Gasteiger partial charge is 0.396 e. The van der Waals surface area contributed by atoms with Crippen molar-refractivity contribution in [3.05, 3.63) is 39.7 Å². The van der Waals surface area contributed by atoms with Gasteiger partial charge in [0, 0.05) is 24.8 Å². The van der Waals surface area contributed by atoms with Gasteiger partial charge in [-0.25, -0.2) is 4.39 Å². The molecule has 19 heavy (non-hydrogen) atoms. The van der Waals surface area contributed by atoms with Crippen LogP contribution in [0.4, 0.5) is 10.1 Å². The molecule has 0 bridgehead atoms. The Morgan fingerprint density at radius 3 is 2.84 bits per heavy atom. The van der Waals surface area contributed by atoms with E-state index in [-0.39, 0.29) is 18.8 Å². The van der Waals surface area contributed by atoms with Crippen LogP contribution in [0.1, 0.15) is 25.3 Å². The minimum atomic E-state index is -0.512. The van der Waals surface area contributed by atoms with Crippen LogP contribution in [0.15, 0.2) is 18.2 Å². The van der Waals surface area contributed by atoms with Gasteiger partial charge in [-0.3, -0.25) is 10.1 Å². The van der Waals surface area contributed by atoms with Crippen molar-refractivity contribution in [2.45, 2.75) is 26.3 Å². The molecule has 106 valence electrons. The highest BCUT2D eigenvalue weighted by atomic mass is 19.1. The van der Waals surface area contributed by atoms with E-state index < -0.39 is 10.7 Å². The average Bonchev–Trinajstić information content (AvgIpc) is 2.37. The number of benzene rings is 1. The minimum Gasteiger partial charge on any atom is -0.396 e. The lowest BCUT2D eigenvalue weighted by atomic mass is 10.0. The molecule has 0 fully saturated rings. The molecule has 0 aromatic heterocycles. The van der Waals surface area contributed by atoms with E-state index in [9.17, 15) is 14.5 Å². The maximum absolute atomic E-state index is 13.1. The van der Waals surface area contributed by atoms with Crippen LogP contribution >= 0.6 is 0 Å². The lowest BCUT2D eigenvalue weighted by Gasteiger charge is -2.14. The molecule has 0 heterocycles. The molecule has 0 aliphatic heterocycles. The van der Waals surface area contributed by atoms with Crippen LogP contribution in [0.3, 0.4) is 0 Å². The van der Waals surface area contributed by atoms with Crippen molar-refractivity contribution in [2.24, 2.45) is 5.92 Å². The van der Waals surface area contributed by atoms with E-state index in [4.69, 9.17) is 5.11 Å². The molecule has 0 aliphatic carbocycles. The van der Waals surface area contributed by atoms with Gasteiger partial charge >= 0.3 is 0 Å². The number of hydrogen-bond acceptors (Lipinski definition) is 4. The maximum Gasteiger partial charge on any atom is 0.274 e. The number of hydrogen-bond donors (Lipinski definition) is 2. The van der Waals surface area contributed by atoms with E-state index in [2.05, 4.69) is 5.32 Å². The average molecular weight is 270 g/mol. The van der Waals surface area contributed by atoms with E-state index in [0.29, 0.717) is 24.4 Å². The third-order valence-electron chi connectivity index (χ3n) is 3.10. The smallest absolute Gasteiger partial charge is 0.274 e. The number of nitro benzene ring substituents is 1. The van der Waals surface area contributed by atoms with Crippen LogP contribution < -0.4 is 5.32 Å². The minimum absolute atomic E-state index is 0.0795. The van der Waals surface area contributed by atoms with Crippen molar-refractivity contribution in [1.82, 2.24) is 5.32 Å². The quantitative estimate of drug-likeness (QED) is 0.561. The molecule has 0 saturated heterocycles. The van der Waals surface area contributed by atoms with Gasteiger partial charge in [-0.1, -0.05) is 13.3 Å². The summed E-state index contributed by atoms with van der Waals surface area (Å²) in [6.07, 6.45) is 1.60. The molecule has 0 spiro atoms. The van der Waals surface area contributed by atoms with Gasteiger partial charge in [-0.15, -0.1) is 0 Å². The van der Waals surface area contributed by atoms with Crippen molar-refractivity contribution in [3.63, 3.8) is 0 Å². The molecular weight excluding hydrogens is 251 g/mol. The van der Waals surface area contributed by atoms with E-state index in [1.807, 2.05) is 6.92 Å². The molecular formula is C13H19FN2O3. The molecule has 5 nitrogen and oxygen atoms in total. The number of rotatable bonds is 8. The summed E-state index contributed by atoms with van der Waals surface area (Å²) in [5.74, 6) is -0.164. The number of nitrogens with one attached hydrogen (secondary N) is 1. The van der Waals surface area contributed by atoms with Crippen molar-refractivity contribution >= 4 is 5.69 Å². The van der Waals surface area contributed by atoms with Crippen LogP contribution in [-0.2, 0) is 6.54 Å². The van der Waals surface area contributed by atoms with Crippen molar-refractivity contribution < 1.29 is 14.4 Å². The van der Waals surface area contributed by atoms with Crippen LogP contribution in [-0.4, -0.2) is 23.2 Å². The van der Waals surface area contributed by atoms with Gasteiger partial charge in [0.1, 0.15) is 5.82 Å². The van der Waals surface area contributed by atoms with Crippen LogP contribution in [0.25, 0.3) is 0 Å². The second-order valence-electron chi connectivity index (χ2n) is 4.45. The first kappa shape index (κ1) is 15.5. The van der Waals surface area contributed by atoms with Crippen molar-refractivity contribution in [3.8, 4) is 0 Å². The Labute approximate surface area is 111 Å². The summed E-state index contributed by atoms with van der Waals surface area (Å²) < 4.78 is 13.1. The summed E-state index contributed by atoms with van der Waals surface area (Å²) in [5, 5.41) is 22.8. The Morgan fingerprint density at radius 2 is 2.26 bits per heavy atom. The van der Waals surface area contributed by atoms with E-state index in [1.165, 1.54) is 12.1 Å². The van der Waals surface area contributed by atoms with Crippen LogP contribution in [0.2, 0.25) is 0 Å². The standard InChI is InChI=1S/C13H19FN2O3/c1-2-10(5-6-17)8-15-9-11-7-12(14)3-4-13(11)16(18)19/h3-4,7,10,15,17H,2,5-6,8-9H2,1H3. The Balaban J connectivity index is 2.61. The number of aliphatic hydroxyl groups excluding tert-OH is 1. The molecule has 0 amide bonds. The van der Waals surface area contributed by atoms with Gasteiger partial charge < -0.3 is 10.4 Å². The normalized spacial score (nSPS) is 12.4. The van der Waals surface area contributed by atoms with E-state index >= 15 is 0 Å². The number of aliphatic hydroxyl groups is 1. The zero-order chi connectivity index (χ0) is 14.3. The molecule has 6 heteroatoms. The highest BCUT2D eigenvalue weighted by Gasteiger charge is 2.14. The van der Waals surface area contributed by atoms with Gasteiger partial charge in [-0.2, -0.15) is 0 Å². The molecule has 1 aromatic carbocycles. The molecule has 0 aliphatic rings. The van der Waals surface area contributed by atoms with Gasteiger partial charge in [-0.05, 0) is 31.0 Å². The first-order valence-electron chi connectivity index (χ1n) is 6.32. The monoisotopic (exact) mass is 270 g/mol. The Bertz CT molecular complexity index is 426. The van der Waals surface area contributed by atoms with Gasteiger partial charge in [0.05, 0.1) is 4.92 Å². The molecule has 1 unspecified atom stereocenters. The SMILES string of the molecule is CCC(CCO)CNCc1cc(F)ccc1[N+](=O)[O-]. The third kappa shape index (κ3) is 4.92. The topological polar surface area (TPSA) is 75.4 Å². The second-order valence-corrected chi connectivity index (χ2v) is 4.45. The fourth-order valence-corrected chi connectivity index (χ4v) is 1.92. The number of nitrogens with zero attached hydrogens (tertiary/aromatic N) is 1. The predicted octanol–water partition coefficient (Wildman–Crippen LogP) is 2.23. The summed E-state index contributed by atoms with van der Waals surface area (Å²) in [6, 6.07) is 3.44. The van der Waals surface area contributed by atoms with E-state index in [0.717, 1.165) is 12.5 Å². The summed E-state index contributed by atoms with van der Waals surface area (Å²) in [5.41, 5.74) is 0.257. The van der Waals surface area contributed by atoms with Crippen LogP contribution in [0, 0.1) is 21.8 Å². The lowest BCUT2D eigenvalue weighted by Crippen LogP contribution is -2.23. The van der Waals surface area contributed by atoms with Crippen molar-refractivity contribution in [1.29, 1.82) is 0 Å². The predicted molar refractivity (Wildman–Crippen MR) is 70.2 cm³/mol. The molecule has 1 rings (SSSR count). The summed E-state index contributed by atoms with van der Waals surface area (Å²) in [6.45, 7) is 3.04. The number of halogens is 1. The Hall–Kier alpha value is -1.53. The highest BCUT2D eigenvalue weighted by molar-refractivity contribution is 5.40. The molecule has 1 aromatic rings. The molecule has 1 atom stereocenters. The van der Waals surface area contributed by atoms with Gasteiger partial charge in [0.15, 0.2) is 0 Å². The Morgan fingerprint density at radius 1 is 1.53 bits per heavy atom. The number of nitro groups is 1. The summed E-state index contributed by atoms with van der Waals surface area (Å²) in [7, 11) is 0. The maximum atomic E-state index is 13.1. The third-order valence-corrected chi connectivity index (χ3v) is 3.10. The molecule has 0 radical (unpaired) electrons. The lowest BCUT2D eigenvalue weighted by molar-refractivity contribution is -0.385. The fourth-order valence-electron chi connectivity index (χ4n) is 1.92. The Kier molecular flexibility index (Phi) is 6.38. The van der Waals surface area contributed by atoms with Crippen LogP contribution in [0.5, 0.6) is 0 Å². The first-order chi connectivity index (χ1) is 9.08. The summed E-state index contributed by atoms with van der Waals surface area (Å²) >= 11 is 0. The first-order valence-corrected chi connectivity index (χ1v) is 6.32. The second kappa shape index (κ2) is 7.81. The highest BCUT2D eigenvalue weighted by Crippen LogP contribution is 2.19. The molecule has 0 saturated carbocycles. The van der Waals surface area contributed by atoms with Gasteiger partial charge in [0.25, 0.3) is 5.69 Å². The van der Waals surface area contributed by atoms with E-state index in [1.54, 1.807) is 0 Å². The van der Waals surface area contributed by atoms with Gasteiger partial charge in [0.2, 0.25) is 0 Å².